The summed E-state index contributed by atoms with van der Waals surface area (Å²) in [6.07, 6.45) is 45.3. The molecule has 4 saturated heterocycles. The van der Waals surface area contributed by atoms with E-state index >= 15 is 17.6 Å². The van der Waals surface area contributed by atoms with Crippen molar-refractivity contribution >= 4 is 42.8 Å². The van der Waals surface area contributed by atoms with Crippen LogP contribution in [0.2, 0.25) is 0 Å². The Kier molecular flexibility index (Phi) is 29.4. The topological polar surface area (TPSA) is 204 Å². The molecule has 34 heteroatoms. The van der Waals surface area contributed by atoms with Crippen LogP contribution in [0.4, 0.5) is 70.2 Å². The Hall–Kier alpha value is -5.10. The third-order valence-electron chi connectivity index (χ3n) is 28.7. The Labute approximate surface area is 722 Å². The molecular formula is C88H100Cr2F16N4O10S2. The number of alkyl halides is 6. The standard InChI is InChI=1S/2C35H34F5N2.4C4H8O.2CHF3O3S.2Cr/c2*36-29-28(30(37)32(39)33(40)31(29)38)27(23-1-3-25(41-23)34-11-17-5-18(12-34)7-19(6-17)13-34)24-2-4-26(42-24)35-14-20-8-21(15-35)10-22(9-20)16-35;4*1-2-4-5-3-1;2*2-1(3,4)8(5,6)7;;/h2*1-4,17-22H,5-16H2;4*1-4H2;2*(H,5,6,7);;/q2*-1;;;;;;;2*+2/p-2/b2*27-23+;;;;;;;;. The van der Waals surface area contributed by atoms with Crippen LogP contribution in [0.3, 0.4) is 0 Å². The monoisotopic (exact) mass is 1840 g/mol. The fourth-order valence-corrected chi connectivity index (χ4v) is 25.3. The van der Waals surface area contributed by atoms with Gasteiger partial charge in [0.2, 0.25) is 11.6 Å². The summed E-state index contributed by atoms with van der Waals surface area (Å²) in [4.78, 5) is 19.9. The average molecular weight is 1850 g/mol. The van der Waals surface area contributed by atoms with E-state index in [0.717, 1.165) is 153 Å². The van der Waals surface area contributed by atoms with E-state index in [9.17, 15) is 52.7 Å². The molecule has 2 aromatic heterocycles. The fraction of sp³-hybridized carbons (Fsp3) is 0.659. The van der Waals surface area contributed by atoms with E-state index in [4.69, 9.17) is 64.8 Å². The van der Waals surface area contributed by atoms with Crippen LogP contribution in [-0.2, 0) is 84.7 Å². The van der Waals surface area contributed by atoms with Crippen LogP contribution >= 0.6 is 0 Å². The first-order valence-electron chi connectivity index (χ1n) is 42.6. The largest absolute Gasteiger partial charge is 2.00 e. The first-order chi connectivity index (χ1) is 56.9. The second-order valence-electron chi connectivity index (χ2n) is 37.4. The van der Waals surface area contributed by atoms with E-state index in [1.54, 1.807) is 24.3 Å². The average Bonchev–Trinajstić information content (AvgIpc) is 1.37. The van der Waals surface area contributed by atoms with Gasteiger partial charge >= 0.3 is 45.7 Å². The van der Waals surface area contributed by atoms with Gasteiger partial charge in [-0.15, -0.1) is 11.4 Å². The summed E-state index contributed by atoms with van der Waals surface area (Å²) in [5.41, 5.74) is -9.13. The van der Waals surface area contributed by atoms with Gasteiger partial charge in [-0.3, -0.25) is 9.98 Å². The first-order valence-corrected chi connectivity index (χ1v) is 45.4. The van der Waals surface area contributed by atoms with Crippen molar-refractivity contribution in [1.29, 1.82) is 0 Å². The molecule has 16 bridgehead atoms. The van der Waals surface area contributed by atoms with Crippen molar-refractivity contribution < 1.29 is 150 Å². The summed E-state index contributed by atoms with van der Waals surface area (Å²) < 4.78 is 286. The van der Waals surface area contributed by atoms with E-state index in [1.807, 2.05) is 24.3 Å². The van der Waals surface area contributed by atoms with Crippen molar-refractivity contribution in [3.63, 3.8) is 0 Å². The van der Waals surface area contributed by atoms with Gasteiger partial charge in [0.15, 0.2) is 66.8 Å². The number of ether oxygens (including phenoxy) is 4. The molecule has 0 unspecified atom stereocenters. The molecule has 0 radical (unpaired) electrons. The van der Waals surface area contributed by atoms with Crippen molar-refractivity contribution in [2.75, 3.05) is 52.9 Å². The van der Waals surface area contributed by atoms with E-state index in [1.165, 1.54) is 128 Å². The molecule has 668 valence electrons. The zero-order valence-corrected chi connectivity index (χ0v) is 71.6. The maximum Gasteiger partial charge on any atom is 2.00 e. The molecule has 0 amide bonds. The van der Waals surface area contributed by atoms with E-state index < -0.39 is 101 Å². The van der Waals surface area contributed by atoms with Gasteiger partial charge in [-0.05, 0) is 323 Å². The zero-order chi connectivity index (χ0) is 85.2. The quantitative estimate of drug-likeness (QED) is 0.0531. The van der Waals surface area contributed by atoms with Crippen molar-refractivity contribution in [3.8, 4) is 0 Å². The molecule has 6 aliphatic heterocycles. The zero-order valence-electron chi connectivity index (χ0n) is 67.4. The summed E-state index contributed by atoms with van der Waals surface area (Å²) in [6, 6.07) is 7.27. The Balaban J connectivity index is 0.000000148. The van der Waals surface area contributed by atoms with Gasteiger partial charge in [-0.1, -0.05) is 24.3 Å². The van der Waals surface area contributed by atoms with Crippen LogP contribution in [0.1, 0.15) is 239 Å². The molecule has 2 aromatic carbocycles. The SMILES string of the molecule is C1CCOC1.C1CCOC1.C1CCOC1.C1CCOC1.Fc1c(F)c(F)c(/C(=C2\C=CC(C34CC5CC(CC(C5)C3)C4)=N2)c2ccc(C34CC5CC(CC(C5)C3)C4)[n-]2)c(F)c1F.Fc1c(F)c(F)c(/C(=C2\C=CC(C34CC5CC(CC(C5)C3)C4)=N2)c2ccc(C34CC5CC(CC(C5)C3)C4)[n-]2)c(F)c1F.O=S(=O)([O-])C(F)(F)F.O=S(=O)([O-])C(F)(F)F.[Cr+2].[Cr+2]. The molecule has 0 spiro atoms. The summed E-state index contributed by atoms with van der Waals surface area (Å²) in [5.74, 6) is -11.3. The molecule has 8 heterocycles. The second-order valence-corrected chi connectivity index (χ2v) is 40.1. The van der Waals surface area contributed by atoms with Gasteiger partial charge in [0, 0.05) is 75.1 Å². The fourth-order valence-electron chi connectivity index (χ4n) is 25.3. The van der Waals surface area contributed by atoms with Crippen LogP contribution in [0, 0.1) is 140 Å². The number of nitrogens with zero attached hydrogens (tertiary/aromatic N) is 4. The van der Waals surface area contributed by atoms with Crippen molar-refractivity contribution in [1.82, 2.24) is 9.97 Å². The molecule has 0 N–H and O–H groups in total. The summed E-state index contributed by atoms with van der Waals surface area (Å²) in [5, 5.41) is 0. The van der Waals surface area contributed by atoms with E-state index in [-0.39, 0.29) is 90.3 Å². The van der Waals surface area contributed by atoms with Gasteiger partial charge in [-0.25, -0.2) is 60.7 Å². The van der Waals surface area contributed by atoms with E-state index in [0.29, 0.717) is 71.0 Å². The van der Waals surface area contributed by atoms with Gasteiger partial charge in [-0.2, -0.15) is 37.7 Å². The first kappa shape index (κ1) is 94.5. The molecule has 122 heavy (non-hydrogen) atoms. The minimum atomic E-state index is -6.09. The van der Waals surface area contributed by atoms with Crippen molar-refractivity contribution in [3.05, 3.63) is 152 Å². The molecule has 16 saturated carbocycles. The third-order valence-corrected chi connectivity index (χ3v) is 29.8. The minimum Gasteiger partial charge on any atom is -0.741 e. The molecule has 0 atom stereocenters. The summed E-state index contributed by atoms with van der Waals surface area (Å²) in [7, 11) is -12.2. The Morgan fingerprint density at radius 1 is 0.320 bits per heavy atom. The maximum absolute atomic E-state index is 15.5. The van der Waals surface area contributed by atoms with E-state index in [2.05, 4.69) is 0 Å². The molecule has 14 nitrogen and oxygen atoms in total. The van der Waals surface area contributed by atoms with Crippen LogP contribution in [0.15, 0.2) is 69.9 Å². The molecular weight excluding hydrogens is 1750 g/mol. The minimum absolute atomic E-state index is 0. The Morgan fingerprint density at radius 2 is 0.508 bits per heavy atom. The Bertz CT molecular complexity index is 4340. The number of hydrogen-bond acceptors (Lipinski definition) is 12. The number of allylic oxidation sites excluding steroid dienone is 4. The summed E-state index contributed by atoms with van der Waals surface area (Å²) in [6.45, 7) is 8.00. The van der Waals surface area contributed by atoms with Gasteiger partial charge in [0.25, 0.3) is 0 Å². The van der Waals surface area contributed by atoms with Crippen LogP contribution in [0.25, 0.3) is 11.1 Å². The third kappa shape index (κ3) is 20.0. The molecule has 20 fully saturated rings. The number of benzene rings is 2. The number of aliphatic imine (C=N–C) groups is 2. The predicted octanol–water partition coefficient (Wildman–Crippen LogP) is 20.9. The van der Waals surface area contributed by atoms with Crippen molar-refractivity contribution in [2.45, 2.75) is 227 Å². The normalized spacial score (nSPS) is 33.6. The molecule has 26 rings (SSSR count). The van der Waals surface area contributed by atoms with Gasteiger partial charge in [0.1, 0.15) is 0 Å². The maximum atomic E-state index is 15.5. The summed E-state index contributed by atoms with van der Waals surface area (Å²) >= 11 is 0. The number of rotatable bonds is 8. The molecule has 22 aliphatic rings. The van der Waals surface area contributed by atoms with Crippen LogP contribution < -0.4 is 9.97 Å². The molecule has 16 aliphatic carbocycles. The number of halogens is 16. The number of aromatic nitrogens is 2. The van der Waals surface area contributed by atoms with Crippen LogP contribution in [0.5, 0.6) is 0 Å². The van der Waals surface area contributed by atoms with Gasteiger partial charge in [0.05, 0.1) is 22.5 Å². The molecule has 4 aromatic rings. The second kappa shape index (κ2) is 37.9. The number of hydrogen-bond donors (Lipinski definition) is 0. The smallest absolute Gasteiger partial charge is 0.741 e. The van der Waals surface area contributed by atoms with Gasteiger partial charge < -0.3 is 38.0 Å². The Morgan fingerprint density at radius 3 is 0.689 bits per heavy atom. The predicted molar refractivity (Wildman–Crippen MR) is 410 cm³/mol. The van der Waals surface area contributed by atoms with Crippen molar-refractivity contribution in [2.24, 2.45) is 91.8 Å². The van der Waals surface area contributed by atoms with Crippen LogP contribution in [-0.4, -0.2) is 101 Å².